The molecule has 1 unspecified atom stereocenters. The van der Waals surface area contributed by atoms with E-state index in [9.17, 15) is 9.82 Å². The lowest BCUT2D eigenvalue weighted by atomic mass is 9.67. The van der Waals surface area contributed by atoms with Gasteiger partial charge in [0, 0.05) is 29.2 Å². The van der Waals surface area contributed by atoms with E-state index in [1.54, 1.807) is 12.1 Å². The zero-order chi connectivity index (χ0) is 18.1. The number of hydrazine groups is 1. The van der Waals surface area contributed by atoms with Gasteiger partial charge in [-0.05, 0) is 24.8 Å². The van der Waals surface area contributed by atoms with Crippen molar-refractivity contribution in [2.24, 2.45) is 11.3 Å². The van der Waals surface area contributed by atoms with Crippen LogP contribution in [-0.4, -0.2) is 42.0 Å². The lowest BCUT2D eigenvalue weighted by molar-refractivity contribution is 0.0952. The average Bonchev–Trinajstić information content (AvgIpc) is 2.67. The second-order valence-corrected chi connectivity index (χ2v) is 7.38. The number of nitrogens with one attached hydrogen (secondary N) is 1. The molecule has 1 amide bonds. The minimum atomic E-state index is -0.764. The number of hydrogen-bond donors (Lipinski definition) is 3. The number of hydrogen-bond acceptors (Lipinski definition) is 5. The minimum Gasteiger partial charge on any atom is -0.492 e. The maximum atomic E-state index is 11.9. The molecule has 1 aromatic carbocycles. The van der Waals surface area contributed by atoms with Crippen molar-refractivity contribution in [2.75, 3.05) is 13.2 Å². The topological polar surface area (TPSA) is 87.8 Å². The molecule has 1 aliphatic rings. The number of amides is 1. The summed E-state index contributed by atoms with van der Waals surface area (Å²) in [6.45, 7) is 11.6. The molecule has 0 aliphatic carbocycles. The summed E-state index contributed by atoms with van der Waals surface area (Å²) in [5, 5.41) is 11.0. The highest BCUT2D eigenvalue weighted by atomic mass is 16.5. The van der Waals surface area contributed by atoms with Crippen molar-refractivity contribution in [1.82, 2.24) is 10.2 Å². The van der Waals surface area contributed by atoms with E-state index >= 15 is 0 Å². The number of ether oxygens (including phenoxy) is 1. The smallest absolute Gasteiger partial charge is 0.420 e. The standard InChI is InChI=1S/C17H28BN3O3/c1-6-14(17(3,4)5)21-9-10-24-15-11(2)12(16(22)20-19)7-8-13(15)18(21)23/h7-8,14,23H,6,9-10,19H2,1-5H3,(H,20,22). The van der Waals surface area contributed by atoms with Gasteiger partial charge in [0.05, 0.1) is 6.61 Å². The van der Waals surface area contributed by atoms with Crippen LogP contribution in [-0.2, 0) is 0 Å². The van der Waals surface area contributed by atoms with Gasteiger partial charge in [-0.2, -0.15) is 0 Å². The first-order valence-corrected chi connectivity index (χ1v) is 8.43. The molecule has 132 valence electrons. The fourth-order valence-corrected chi connectivity index (χ4v) is 3.66. The Morgan fingerprint density at radius 3 is 2.71 bits per heavy atom. The third kappa shape index (κ3) is 3.43. The van der Waals surface area contributed by atoms with Crippen molar-refractivity contribution in [3.63, 3.8) is 0 Å². The summed E-state index contributed by atoms with van der Waals surface area (Å²) in [5.41, 5.74) is 4.03. The minimum absolute atomic E-state index is 0.0364. The molecule has 7 heteroatoms. The number of carbonyl (C=O) groups excluding carboxylic acids is 1. The molecule has 2 rings (SSSR count). The lowest BCUT2D eigenvalue weighted by Gasteiger charge is -2.40. The summed E-state index contributed by atoms with van der Waals surface area (Å²) in [7, 11) is -0.764. The Hall–Kier alpha value is -1.57. The third-order valence-corrected chi connectivity index (χ3v) is 4.79. The van der Waals surface area contributed by atoms with Gasteiger partial charge in [-0.25, -0.2) is 5.84 Å². The number of nitrogen functional groups attached to an aromatic ring is 1. The number of nitrogens with two attached hydrogens (primary N) is 1. The van der Waals surface area contributed by atoms with E-state index in [0.29, 0.717) is 35.5 Å². The zero-order valence-electron chi connectivity index (χ0n) is 15.2. The molecule has 0 saturated heterocycles. The molecule has 0 radical (unpaired) electrons. The van der Waals surface area contributed by atoms with Crippen molar-refractivity contribution in [3.8, 4) is 5.75 Å². The second-order valence-electron chi connectivity index (χ2n) is 7.38. The van der Waals surface area contributed by atoms with Crippen LogP contribution < -0.4 is 21.5 Å². The first-order valence-electron chi connectivity index (χ1n) is 8.43. The van der Waals surface area contributed by atoms with Crippen LogP contribution >= 0.6 is 0 Å². The van der Waals surface area contributed by atoms with E-state index in [4.69, 9.17) is 10.6 Å². The van der Waals surface area contributed by atoms with Crippen LogP contribution in [0.1, 0.15) is 50.0 Å². The van der Waals surface area contributed by atoms with Crippen LogP contribution in [0, 0.1) is 12.3 Å². The number of benzene rings is 1. The summed E-state index contributed by atoms with van der Waals surface area (Å²) in [6.07, 6.45) is 0.933. The number of fused-ring (bicyclic) bond motifs is 1. The maximum absolute atomic E-state index is 11.9. The molecule has 0 aromatic heterocycles. The highest BCUT2D eigenvalue weighted by Crippen LogP contribution is 2.30. The molecule has 1 aliphatic heterocycles. The maximum Gasteiger partial charge on any atom is 0.420 e. The van der Waals surface area contributed by atoms with Gasteiger partial charge in [-0.15, -0.1) is 0 Å². The Morgan fingerprint density at radius 2 is 2.17 bits per heavy atom. The van der Waals surface area contributed by atoms with E-state index in [-0.39, 0.29) is 17.4 Å². The first kappa shape index (κ1) is 18.8. The molecule has 0 bridgehead atoms. The number of carbonyl (C=O) groups is 1. The van der Waals surface area contributed by atoms with Crippen molar-refractivity contribution >= 4 is 18.4 Å². The van der Waals surface area contributed by atoms with Crippen LogP contribution in [0.4, 0.5) is 0 Å². The molecule has 1 aromatic rings. The monoisotopic (exact) mass is 333 g/mol. The predicted molar refractivity (Wildman–Crippen MR) is 96.2 cm³/mol. The quantitative estimate of drug-likeness (QED) is 0.330. The number of rotatable bonds is 3. The Bertz CT molecular complexity index is 616. The van der Waals surface area contributed by atoms with Gasteiger partial charge >= 0.3 is 7.05 Å². The highest BCUT2D eigenvalue weighted by Gasteiger charge is 2.39. The van der Waals surface area contributed by atoms with Gasteiger partial charge in [0.15, 0.2) is 0 Å². The largest absolute Gasteiger partial charge is 0.492 e. The van der Waals surface area contributed by atoms with E-state index in [0.717, 1.165) is 6.42 Å². The molecule has 1 heterocycles. The summed E-state index contributed by atoms with van der Waals surface area (Å²) in [5.74, 6) is 5.45. The zero-order valence-corrected chi connectivity index (χ0v) is 15.2. The molecular weight excluding hydrogens is 305 g/mol. The van der Waals surface area contributed by atoms with E-state index in [1.165, 1.54) is 0 Å². The van der Waals surface area contributed by atoms with E-state index in [1.807, 2.05) is 6.92 Å². The molecule has 0 spiro atoms. The molecule has 24 heavy (non-hydrogen) atoms. The average molecular weight is 333 g/mol. The molecule has 1 atom stereocenters. The van der Waals surface area contributed by atoms with Crippen molar-refractivity contribution in [3.05, 3.63) is 23.3 Å². The Balaban J connectivity index is 2.46. The Morgan fingerprint density at radius 1 is 1.50 bits per heavy atom. The summed E-state index contributed by atoms with van der Waals surface area (Å²) < 4.78 is 5.90. The van der Waals surface area contributed by atoms with Crippen LogP contribution in [0.2, 0.25) is 0 Å². The normalized spacial score (nSPS) is 16.9. The lowest BCUT2D eigenvalue weighted by Crippen LogP contribution is -2.56. The Labute approximate surface area is 144 Å². The van der Waals surface area contributed by atoms with E-state index in [2.05, 4.69) is 37.9 Å². The molecular formula is C17H28BN3O3. The van der Waals surface area contributed by atoms with E-state index < -0.39 is 7.05 Å². The fourth-order valence-electron chi connectivity index (χ4n) is 3.66. The van der Waals surface area contributed by atoms with Crippen molar-refractivity contribution in [1.29, 1.82) is 0 Å². The van der Waals surface area contributed by atoms with Crippen LogP contribution in [0.15, 0.2) is 12.1 Å². The molecule has 6 nitrogen and oxygen atoms in total. The molecule has 0 fully saturated rings. The van der Waals surface area contributed by atoms with Crippen molar-refractivity contribution < 1.29 is 14.6 Å². The van der Waals surface area contributed by atoms with Gasteiger partial charge in [-0.1, -0.05) is 33.8 Å². The van der Waals surface area contributed by atoms with Crippen LogP contribution in [0.5, 0.6) is 5.75 Å². The first-order chi connectivity index (χ1) is 11.2. The van der Waals surface area contributed by atoms with Gasteiger partial charge in [-0.3, -0.25) is 10.2 Å². The second kappa shape index (κ2) is 7.13. The van der Waals surface area contributed by atoms with Crippen molar-refractivity contribution in [2.45, 2.75) is 47.1 Å². The Kier molecular flexibility index (Phi) is 5.57. The fraction of sp³-hybridized carbons (Fsp3) is 0.588. The molecule has 0 saturated carbocycles. The van der Waals surface area contributed by atoms with Gasteiger partial charge in [0.1, 0.15) is 5.75 Å². The van der Waals surface area contributed by atoms with Crippen LogP contribution in [0.3, 0.4) is 0 Å². The third-order valence-electron chi connectivity index (χ3n) is 4.79. The van der Waals surface area contributed by atoms with Gasteiger partial charge < -0.3 is 14.6 Å². The summed E-state index contributed by atoms with van der Waals surface area (Å²) in [4.78, 5) is 14.0. The predicted octanol–water partition coefficient (Wildman–Crippen LogP) is 0.805. The number of nitrogens with zero attached hydrogens (tertiary/aromatic N) is 1. The van der Waals surface area contributed by atoms with Gasteiger partial charge in [0.25, 0.3) is 5.91 Å². The van der Waals surface area contributed by atoms with Crippen LogP contribution in [0.25, 0.3) is 0 Å². The SMILES string of the molecule is CCC(N1CCOc2c(ccc(C(=O)NN)c2C)B1O)C(C)(C)C. The summed E-state index contributed by atoms with van der Waals surface area (Å²) >= 11 is 0. The van der Waals surface area contributed by atoms with Gasteiger partial charge in [0.2, 0.25) is 0 Å². The summed E-state index contributed by atoms with van der Waals surface area (Å²) in [6, 6.07) is 3.66. The highest BCUT2D eigenvalue weighted by molar-refractivity contribution is 6.64. The molecule has 4 N–H and O–H groups in total.